The molecule has 0 atom stereocenters. The summed E-state index contributed by atoms with van der Waals surface area (Å²) < 4.78 is 10.3. The zero-order valence-corrected chi connectivity index (χ0v) is 7.48. The molecule has 11 heavy (non-hydrogen) atoms. The number of halogens is 1. The van der Waals surface area contributed by atoms with Gasteiger partial charge < -0.3 is 9.47 Å². The van der Waals surface area contributed by atoms with Crippen LogP contribution in [0.4, 0.5) is 0 Å². The molecule has 66 valence electrons. The predicted octanol–water partition coefficient (Wildman–Crippen LogP) is 2.02. The Balaban J connectivity index is 1.96. The van der Waals surface area contributed by atoms with Gasteiger partial charge >= 0.3 is 0 Å². The molecule has 0 amide bonds. The molecule has 1 fully saturated rings. The lowest BCUT2D eigenvalue weighted by atomic mass is 9.97. The summed E-state index contributed by atoms with van der Waals surface area (Å²) in [6.45, 7) is 2.64. The van der Waals surface area contributed by atoms with Crippen molar-refractivity contribution in [2.45, 2.75) is 19.3 Å². The highest BCUT2D eigenvalue weighted by Gasteiger charge is 2.12. The molecular weight excluding hydrogens is 164 g/mol. The standard InChI is InChI=1S/C8H15ClO2/c9-7-11-6-3-8-1-4-10-5-2-8/h8H,1-7H2. The molecule has 2 nitrogen and oxygen atoms in total. The molecule has 0 aromatic rings. The molecule has 3 heteroatoms. The van der Waals surface area contributed by atoms with Crippen molar-refractivity contribution >= 4 is 11.6 Å². The van der Waals surface area contributed by atoms with E-state index in [0.29, 0.717) is 6.07 Å². The highest BCUT2D eigenvalue weighted by atomic mass is 35.5. The van der Waals surface area contributed by atoms with E-state index in [1.165, 1.54) is 12.8 Å². The van der Waals surface area contributed by atoms with Gasteiger partial charge in [0.25, 0.3) is 0 Å². The molecule has 1 saturated heterocycles. The van der Waals surface area contributed by atoms with E-state index in [2.05, 4.69) is 0 Å². The lowest BCUT2D eigenvalue weighted by Crippen LogP contribution is -2.17. The monoisotopic (exact) mass is 178 g/mol. The Kier molecular flexibility index (Phi) is 4.91. The van der Waals surface area contributed by atoms with E-state index in [4.69, 9.17) is 21.1 Å². The van der Waals surface area contributed by atoms with E-state index < -0.39 is 0 Å². The third-order valence-electron chi connectivity index (χ3n) is 2.09. The summed E-state index contributed by atoms with van der Waals surface area (Å²) in [5, 5.41) is 0. The van der Waals surface area contributed by atoms with Gasteiger partial charge in [-0.05, 0) is 25.2 Å². The van der Waals surface area contributed by atoms with Gasteiger partial charge in [-0.1, -0.05) is 11.6 Å². The van der Waals surface area contributed by atoms with Gasteiger partial charge in [0.1, 0.15) is 6.07 Å². The molecule has 0 aromatic heterocycles. The summed E-state index contributed by atoms with van der Waals surface area (Å²) in [5.74, 6) is 0.798. The maximum Gasteiger partial charge on any atom is 0.120 e. The number of rotatable bonds is 4. The van der Waals surface area contributed by atoms with Crippen molar-refractivity contribution in [3.63, 3.8) is 0 Å². The summed E-state index contributed by atoms with van der Waals surface area (Å²) in [6.07, 6.45) is 3.51. The molecule has 0 spiro atoms. The first-order chi connectivity index (χ1) is 5.43. The maximum atomic E-state index is 5.37. The Labute approximate surface area is 72.8 Å². The molecular formula is C8H15ClO2. The number of alkyl halides is 1. The molecule has 1 heterocycles. The maximum absolute atomic E-state index is 5.37. The van der Waals surface area contributed by atoms with Gasteiger partial charge in [0.05, 0.1) is 0 Å². The zero-order chi connectivity index (χ0) is 7.94. The quantitative estimate of drug-likeness (QED) is 0.485. The van der Waals surface area contributed by atoms with E-state index in [9.17, 15) is 0 Å². The number of hydrogen-bond donors (Lipinski definition) is 0. The molecule has 0 radical (unpaired) electrons. The normalized spacial score (nSPS) is 20.5. The van der Waals surface area contributed by atoms with E-state index in [1.807, 2.05) is 0 Å². The molecule has 0 saturated carbocycles. The second-order valence-electron chi connectivity index (χ2n) is 2.86. The fraction of sp³-hybridized carbons (Fsp3) is 1.00. The van der Waals surface area contributed by atoms with Crippen LogP contribution in [0, 0.1) is 5.92 Å². The molecule has 1 aliphatic heterocycles. The molecule has 1 rings (SSSR count). The van der Waals surface area contributed by atoms with E-state index >= 15 is 0 Å². The van der Waals surface area contributed by atoms with Gasteiger partial charge in [-0.3, -0.25) is 0 Å². The fourth-order valence-corrected chi connectivity index (χ4v) is 1.45. The average Bonchev–Trinajstić information content (AvgIpc) is 2.07. The van der Waals surface area contributed by atoms with Gasteiger partial charge in [0, 0.05) is 19.8 Å². The van der Waals surface area contributed by atoms with Crippen LogP contribution in [-0.2, 0) is 9.47 Å². The first-order valence-corrected chi connectivity index (χ1v) is 4.68. The predicted molar refractivity (Wildman–Crippen MR) is 44.8 cm³/mol. The van der Waals surface area contributed by atoms with Crippen molar-refractivity contribution in [1.82, 2.24) is 0 Å². The summed E-state index contributed by atoms with van der Waals surface area (Å²) in [5.41, 5.74) is 0. The Morgan fingerprint density at radius 1 is 1.36 bits per heavy atom. The molecule has 0 unspecified atom stereocenters. The van der Waals surface area contributed by atoms with Crippen LogP contribution in [0.1, 0.15) is 19.3 Å². The van der Waals surface area contributed by atoms with Crippen molar-refractivity contribution in [3.8, 4) is 0 Å². The van der Waals surface area contributed by atoms with Crippen LogP contribution in [-0.4, -0.2) is 25.9 Å². The molecule has 1 aliphatic rings. The van der Waals surface area contributed by atoms with Gasteiger partial charge in [-0.25, -0.2) is 0 Å². The second kappa shape index (κ2) is 5.81. The van der Waals surface area contributed by atoms with Crippen molar-refractivity contribution in [1.29, 1.82) is 0 Å². The molecule has 0 N–H and O–H groups in total. The minimum absolute atomic E-state index is 0.323. The lowest BCUT2D eigenvalue weighted by Gasteiger charge is -2.21. The molecule has 0 bridgehead atoms. The minimum Gasteiger partial charge on any atom is -0.381 e. The Morgan fingerprint density at radius 2 is 2.09 bits per heavy atom. The van der Waals surface area contributed by atoms with Gasteiger partial charge in [-0.15, -0.1) is 0 Å². The van der Waals surface area contributed by atoms with E-state index in [1.54, 1.807) is 0 Å². The van der Waals surface area contributed by atoms with Crippen LogP contribution in [0.25, 0.3) is 0 Å². The van der Waals surface area contributed by atoms with Crippen molar-refractivity contribution in [3.05, 3.63) is 0 Å². The Bertz CT molecular complexity index is 92.1. The third-order valence-corrected chi connectivity index (χ3v) is 2.24. The van der Waals surface area contributed by atoms with Gasteiger partial charge in [0.15, 0.2) is 0 Å². The van der Waals surface area contributed by atoms with Gasteiger partial charge in [-0.2, -0.15) is 0 Å². The number of hydrogen-bond acceptors (Lipinski definition) is 2. The first-order valence-electron chi connectivity index (χ1n) is 4.15. The Hall–Kier alpha value is 0.210. The molecule has 0 aliphatic carbocycles. The van der Waals surface area contributed by atoms with E-state index in [0.717, 1.165) is 32.2 Å². The van der Waals surface area contributed by atoms with Crippen LogP contribution < -0.4 is 0 Å². The topological polar surface area (TPSA) is 18.5 Å². The Morgan fingerprint density at radius 3 is 2.73 bits per heavy atom. The van der Waals surface area contributed by atoms with Crippen molar-refractivity contribution in [2.24, 2.45) is 5.92 Å². The van der Waals surface area contributed by atoms with E-state index in [-0.39, 0.29) is 0 Å². The highest BCUT2D eigenvalue weighted by Crippen LogP contribution is 2.17. The minimum atomic E-state index is 0.323. The summed E-state index contributed by atoms with van der Waals surface area (Å²) in [4.78, 5) is 0. The first kappa shape index (κ1) is 9.30. The summed E-state index contributed by atoms with van der Waals surface area (Å²) >= 11 is 5.37. The highest BCUT2D eigenvalue weighted by molar-refractivity contribution is 6.17. The van der Waals surface area contributed by atoms with Crippen LogP contribution in [0.5, 0.6) is 0 Å². The van der Waals surface area contributed by atoms with Crippen molar-refractivity contribution < 1.29 is 9.47 Å². The molecule has 0 aromatic carbocycles. The number of ether oxygens (including phenoxy) is 2. The largest absolute Gasteiger partial charge is 0.381 e. The van der Waals surface area contributed by atoms with Crippen LogP contribution in [0.15, 0.2) is 0 Å². The second-order valence-corrected chi connectivity index (χ2v) is 3.08. The fourth-order valence-electron chi connectivity index (χ4n) is 1.34. The van der Waals surface area contributed by atoms with Gasteiger partial charge in [0.2, 0.25) is 0 Å². The summed E-state index contributed by atoms with van der Waals surface area (Å²) in [7, 11) is 0. The van der Waals surface area contributed by atoms with Crippen molar-refractivity contribution in [2.75, 3.05) is 25.9 Å². The SMILES string of the molecule is ClCOCCC1CCOCC1. The average molecular weight is 179 g/mol. The smallest absolute Gasteiger partial charge is 0.120 e. The zero-order valence-electron chi connectivity index (χ0n) is 6.72. The van der Waals surface area contributed by atoms with Crippen LogP contribution in [0.3, 0.4) is 0 Å². The summed E-state index contributed by atoms with van der Waals surface area (Å²) in [6, 6.07) is 0.323. The van der Waals surface area contributed by atoms with Crippen LogP contribution in [0.2, 0.25) is 0 Å². The van der Waals surface area contributed by atoms with Crippen LogP contribution >= 0.6 is 11.6 Å². The third kappa shape index (κ3) is 3.94. The lowest BCUT2D eigenvalue weighted by molar-refractivity contribution is 0.0525.